The Morgan fingerprint density at radius 2 is 1.82 bits per heavy atom. The highest BCUT2D eigenvalue weighted by molar-refractivity contribution is 7.91. The van der Waals surface area contributed by atoms with Gasteiger partial charge in [-0.3, -0.25) is 10.1 Å². The molecule has 0 unspecified atom stereocenters. The number of anilines is 1. The van der Waals surface area contributed by atoms with Crippen LogP contribution in [0.1, 0.15) is 71.1 Å². The highest BCUT2D eigenvalue weighted by atomic mass is 32.2. The van der Waals surface area contributed by atoms with Gasteiger partial charge in [0.25, 0.3) is 10.0 Å². The molecule has 1 aromatic heterocycles. The van der Waals surface area contributed by atoms with Crippen LogP contribution in [0.5, 0.6) is 0 Å². The molecule has 0 bridgehead atoms. The van der Waals surface area contributed by atoms with E-state index in [0.29, 0.717) is 0 Å². The maximum atomic E-state index is 13.3. The van der Waals surface area contributed by atoms with Crippen molar-refractivity contribution >= 4 is 38.5 Å². The number of amides is 2. The van der Waals surface area contributed by atoms with Crippen molar-refractivity contribution in [1.29, 1.82) is 0 Å². The molecule has 2 aliphatic rings. The highest BCUT2D eigenvalue weighted by Gasteiger charge is 2.35. The fourth-order valence-corrected chi connectivity index (χ4v) is 6.63. The Labute approximate surface area is 199 Å². The topological polar surface area (TPSA) is 138 Å². The van der Waals surface area contributed by atoms with E-state index >= 15 is 0 Å². The summed E-state index contributed by atoms with van der Waals surface area (Å²) < 4.78 is 32.2. The summed E-state index contributed by atoms with van der Waals surface area (Å²) in [6.45, 7) is 2.14. The predicted molar refractivity (Wildman–Crippen MR) is 125 cm³/mol. The van der Waals surface area contributed by atoms with E-state index in [-0.39, 0.29) is 33.6 Å². The molecule has 2 aliphatic carbocycles. The molecule has 10 nitrogen and oxygen atoms in total. The number of carbonyl (C=O) groups excluding carboxylic acids is 1. The number of hydrogen-bond acceptors (Lipinski definition) is 7. The predicted octanol–water partition coefficient (Wildman–Crippen LogP) is 3.41. The van der Waals surface area contributed by atoms with E-state index in [1.807, 2.05) is 9.62 Å². The molecule has 2 fully saturated rings. The van der Waals surface area contributed by atoms with E-state index in [2.05, 4.69) is 17.2 Å². The first-order valence-corrected chi connectivity index (χ1v) is 14.0. The summed E-state index contributed by atoms with van der Waals surface area (Å²) in [6, 6.07) is 0.0313. The molecule has 2 saturated carbocycles. The third kappa shape index (κ3) is 7.36. The van der Waals surface area contributed by atoms with Crippen molar-refractivity contribution < 1.29 is 27.9 Å². The summed E-state index contributed by atoms with van der Waals surface area (Å²) in [6.07, 6.45) is 11.3. The molecule has 0 aliphatic heterocycles. The van der Waals surface area contributed by atoms with Crippen LogP contribution in [0.4, 0.5) is 9.93 Å². The zero-order valence-electron chi connectivity index (χ0n) is 19.0. The van der Waals surface area contributed by atoms with E-state index in [1.54, 1.807) is 0 Å². The molecular formula is C21H34N4O6S2. The van der Waals surface area contributed by atoms with E-state index in [1.165, 1.54) is 6.42 Å². The molecule has 2 amide bonds. The van der Waals surface area contributed by atoms with Crippen molar-refractivity contribution in [2.75, 3.05) is 18.5 Å². The van der Waals surface area contributed by atoms with Crippen molar-refractivity contribution in [3.8, 4) is 0 Å². The van der Waals surface area contributed by atoms with Gasteiger partial charge in [-0.15, -0.1) is 0 Å². The van der Waals surface area contributed by atoms with Gasteiger partial charge in [0.05, 0.1) is 12.3 Å². The minimum Gasteiger partial charge on any atom is -0.480 e. The molecule has 1 heterocycles. The number of hydrogen-bond donors (Lipinski definition) is 3. The molecule has 3 rings (SSSR count). The van der Waals surface area contributed by atoms with Gasteiger partial charge in [-0.05, 0) is 44.9 Å². The summed E-state index contributed by atoms with van der Waals surface area (Å²) in [5.74, 6) is -1.28. The molecule has 0 spiro atoms. The average Bonchev–Trinajstić information content (AvgIpc) is 3.27. The number of nitrogens with one attached hydrogen (secondary N) is 2. The van der Waals surface area contributed by atoms with E-state index < -0.39 is 22.5 Å². The average molecular weight is 503 g/mol. The molecule has 0 aromatic carbocycles. The van der Waals surface area contributed by atoms with Crippen molar-refractivity contribution in [2.24, 2.45) is 0 Å². The van der Waals surface area contributed by atoms with Gasteiger partial charge in [0, 0.05) is 18.7 Å². The number of nitrogens with zero attached hydrogens (tertiary/aromatic N) is 2. The lowest BCUT2D eigenvalue weighted by molar-refractivity contribution is -0.135. The molecule has 3 N–H and O–H groups in total. The zero-order valence-corrected chi connectivity index (χ0v) is 20.6. The number of aliphatic carboxylic acids is 1. The maximum Gasteiger partial charge on any atom is 0.324 e. The number of carbonyl (C=O) groups is 2. The summed E-state index contributed by atoms with van der Waals surface area (Å²) in [7, 11) is -4.00. The molecule has 0 saturated heterocycles. The van der Waals surface area contributed by atoms with Crippen LogP contribution in [-0.4, -0.2) is 66.7 Å². The Bertz CT molecular complexity index is 892. The van der Waals surface area contributed by atoms with Crippen LogP contribution < -0.4 is 10.0 Å². The van der Waals surface area contributed by atoms with Crippen LogP contribution >= 0.6 is 11.3 Å². The Balaban J connectivity index is 1.67. The molecule has 33 heavy (non-hydrogen) atoms. The Kier molecular flexibility index (Phi) is 9.47. The third-order valence-corrected chi connectivity index (χ3v) is 8.95. The Hall–Kier alpha value is -1.76. The first-order valence-electron chi connectivity index (χ1n) is 11.7. The normalized spacial score (nSPS) is 22.1. The third-order valence-electron chi connectivity index (χ3n) is 6.17. The highest BCUT2D eigenvalue weighted by Crippen LogP contribution is 2.32. The van der Waals surface area contributed by atoms with Crippen LogP contribution in [0.2, 0.25) is 0 Å². The van der Waals surface area contributed by atoms with Crippen molar-refractivity contribution in [3.63, 3.8) is 0 Å². The Morgan fingerprint density at radius 1 is 1.15 bits per heavy atom. The number of carboxylic acids is 1. The number of sulfonamides is 1. The lowest BCUT2D eigenvalue weighted by Crippen LogP contribution is -2.51. The van der Waals surface area contributed by atoms with E-state index in [4.69, 9.17) is 9.84 Å². The van der Waals surface area contributed by atoms with Crippen molar-refractivity contribution in [3.05, 3.63) is 6.20 Å². The van der Waals surface area contributed by atoms with Gasteiger partial charge in [-0.1, -0.05) is 37.5 Å². The molecule has 1 aromatic rings. The number of thiazole rings is 1. The first-order chi connectivity index (χ1) is 15.8. The second-order valence-corrected chi connectivity index (χ2v) is 11.7. The monoisotopic (exact) mass is 502 g/mol. The van der Waals surface area contributed by atoms with Crippen LogP contribution in [-0.2, 0) is 19.6 Å². The van der Waals surface area contributed by atoms with Gasteiger partial charge in [-0.25, -0.2) is 18.2 Å². The SMILES string of the molecule is CCCO[C@H]1CC[C@H](N(C(=O)Nc2ncc(S(=O)(=O)NCC(=O)O)s2)C2CCCCC2)CC1. The van der Waals surface area contributed by atoms with E-state index in [9.17, 15) is 18.0 Å². The maximum absolute atomic E-state index is 13.3. The standard InChI is InChI=1S/C21H34N4O6S2/c1-2-12-31-17-10-8-16(9-11-17)25(15-6-4-3-5-7-15)21(28)24-20-22-14-19(32-20)33(29,30)23-13-18(26)27/h14-17,23H,2-13H2,1H3,(H,26,27)(H,22,24,28)/t16-,17-. The van der Waals surface area contributed by atoms with Gasteiger partial charge >= 0.3 is 12.0 Å². The summed E-state index contributed by atoms with van der Waals surface area (Å²) in [5, 5.41) is 11.7. The van der Waals surface area contributed by atoms with Crippen molar-refractivity contribution in [1.82, 2.24) is 14.6 Å². The van der Waals surface area contributed by atoms with Crippen molar-refractivity contribution in [2.45, 2.75) is 93.5 Å². The lowest BCUT2D eigenvalue weighted by atomic mass is 9.88. The number of urea groups is 1. The first kappa shape index (κ1) is 25.9. The molecule has 186 valence electrons. The number of carboxylic acid groups (broad SMARTS) is 1. The second kappa shape index (κ2) is 12.1. The zero-order chi connectivity index (χ0) is 23.8. The quantitative estimate of drug-likeness (QED) is 0.446. The van der Waals surface area contributed by atoms with Gasteiger partial charge in [0.1, 0.15) is 6.54 Å². The van der Waals surface area contributed by atoms with Gasteiger partial charge in [0.15, 0.2) is 9.34 Å². The summed E-state index contributed by atoms with van der Waals surface area (Å²) in [5.41, 5.74) is 0. The van der Waals surface area contributed by atoms with E-state index in [0.717, 1.165) is 81.9 Å². The molecular weight excluding hydrogens is 468 g/mol. The van der Waals surface area contributed by atoms with Gasteiger partial charge in [0.2, 0.25) is 0 Å². The molecule has 12 heteroatoms. The number of aromatic nitrogens is 1. The number of rotatable bonds is 10. The minimum atomic E-state index is -4.00. The minimum absolute atomic E-state index is 0.120. The molecule has 0 atom stereocenters. The smallest absolute Gasteiger partial charge is 0.324 e. The fraction of sp³-hybridized carbons (Fsp3) is 0.762. The van der Waals surface area contributed by atoms with Crippen LogP contribution in [0.25, 0.3) is 0 Å². The second-order valence-electron chi connectivity index (χ2n) is 8.63. The van der Waals surface area contributed by atoms with Crippen LogP contribution in [0, 0.1) is 0 Å². The van der Waals surface area contributed by atoms with Crippen LogP contribution in [0.3, 0.4) is 0 Å². The Morgan fingerprint density at radius 3 is 2.45 bits per heavy atom. The largest absolute Gasteiger partial charge is 0.480 e. The lowest BCUT2D eigenvalue weighted by Gasteiger charge is -2.42. The van der Waals surface area contributed by atoms with Crippen LogP contribution in [0.15, 0.2) is 10.4 Å². The number of ether oxygens (including phenoxy) is 1. The van der Waals surface area contributed by atoms with Gasteiger partial charge in [-0.2, -0.15) is 4.72 Å². The van der Waals surface area contributed by atoms with Gasteiger partial charge < -0.3 is 14.7 Å². The fourth-order valence-electron chi connectivity index (χ4n) is 4.59. The summed E-state index contributed by atoms with van der Waals surface area (Å²) >= 11 is 0.807. The molecule has 0 radical (unpaired) electrons. The summed E-state index contributed by atoms with van der Waals surface area (Å²) in [4.78, 5) is 30.0.